The SMILES string of the molecule is CN(Cc1c(F)cccc1Cl)C(=O)COC(=O)c1cnn(Cc2ccccc2)c1. The van der Waals surface area contributed by atoms with E-state index in [-0.39, 0.29) is 22.7 Å². The van der Waals surface area contributed by atoms with Crippen LogP contribution in [0, 0.1) is 5.82 Å². The van der Waals surface area contributed by atoms with E-state index in [1.807, 2.05) is 30.3 Å². The van der Waals surface area contributed by atoms with Gasteiger partial charge in [0, 0.05) is 30.4 Å². The number of amides is 1. The molecule has 0 aliphatic heterocycles. The standard InChI is InChI=1S/C21H19ClFN3O3/c1-25(13-17-18(22)8-5-9-19(17)23)20(27)14-29-21(28)16-10-24-26(12-16)11-15-6-3-2-4-7-15/h2-10,12H,11,13-14H2,1H3. The van der Waals surface area contributed by atoms with Crippen molar-refractivity contribution < 1.29 is 18.7 Å². The number of carbonyl (C=O) groups excluding carboxylic acids is 2. The number of hydrogen-bond donors (Lipinski definition) is 0. The van der Waals surface area contributed by atoms with Crippen LogP contribution in [0.1, 0.15) is 21.5 Å². The van der Waals surface area contributed by atoms with Crippen molar-refractivity contribution in [3.63, 3.8) is 0 Å². The van der Waals surface area contributed by atoms with Crippen molar-refractivity contribution in [3.05, 3.63) is 88.5 Å². The Kier molecular flexibility index (Phi) is 6.61. The minimum atomic E-state index is -0.657. The maximum Gasteiger partial charge on any atom is 0.341 e. The molecule has 0 spiro atoms. The molecule has 0 fully saturated rings. The van der Waals surface area contributed by atoms with Crippen LogP contribution >= 0.6 is 11.6 Å². The summed E-state index contributed by atoms with van der Waals surface area (Å²) in [5, 5.41) is 4.36. The van der Waals surface area contributed by atoms with Gasteiger partial charge in [0.25, 0.3) is 5.91 Å². The lowest BCUT2D eigenvalue weighted by molar-refractivity contribution is -0.133. The first-order valence-electron chi connectivity index (χ1n) is 8.84. The first-order valence-corrected chi connectivity index (χ1v) is 9.22. The monoisotopic (exact) mass is 415 g/mol. The van der Waals surface area contributed by atoms with Crippen LogP contribution in [-0.2, 0) is 22.6 Å². The number of nitrogens with zero attached hydrogens (tertiary/aromatic N) is 3. The van der Waals surface area contributed by atoms with E-state index in [4.69, 9.17) is 16.3 Å². The average Bonchev–Trinajstić information content (AvgIpc) is 3.18. The molecular formula is C21H19ClFN3O3. The fourth-order valence-electron chi connectivity index (χ4n) is 2.66. The molecule has 8 heteroatoms. The van der Waals surface area contributed by atoms with Gasteiger partial charge in [-0.25, -0.2) is 9.18 Å². The molecule has 6 nitrogen and oxygen atoms in total. The smallest absolute Gasteiger partial charge is 0.341 e. The Hall–Kier alpha value is -3.19. The highest BCUT2D eigenvalue weighted by atomic mass is 35.5. The summed E-state index contributed by atoms with van der Waals surface area (Å²) in [7, 11) is 1.48. The summed E-state index contributed by atoms with van der Waals surface area (Å²) in [5.41, 5.74) is 1.49. The molecule has 0 aliphatic rings. The van der Waals surface area contributed by atoms with Crippen molar-refractivity contribution in [3.8, 4) is 0 Å². The molecule has 1 amide bonds. The molecule has 0 aliphatic carbocycles. The van der Waals surface area contributed by atoms with Gasteiger partial charge in [-0.2, -0.15) is 5.10 Å². The van der Waals surface area contributed by atoms with Crippen LogP contribution in [-0.4, -0.2) is 40.2 Å². The number of esters is 1. The third kappa shape index (κ3) is 5.42. The van der Waals surface area contributed by atoms with E-state index in [9.17, 15) is 14.0 Å². The van der Waals surface area contributed by atoms with Crippen LogP contribution in [0.25, 0.3) is 0 Å². The zero-order valence-electron chi connectivity index (χ0n) is 15.7. The van der Waals surface area contributed by atoms with E-state index in [2.05, 4.69) is 5.10 Å². The second-order valence-electron chi connectivity index (χ2n) is 6.44. The number of likely N-dealkylation sites (N-methyl/N-ethyl adjacent to an activating group) is 1. The quantitative estimate of drug-likeness (QED) is 0.554. The van der Waals surface area contributed by atoms with Crippen LogP contribution in [0.5, 0.6) is 0 Å². The van der Waals surface area contributed by atoms with Crippen molar-refractivity contribution in [2.45, 2.75) is 13.1 Å². The van der Waals surface area contributed by atoms with Gasteiger partial charge < -0.3 is 9.64 Å². The van der Waals surface area contributed by atoms with Gasteiger partial charge in [0.2, 0.25) is 0 Å². The molecule has 3 aromatic rings. The number of halogens is 2. The summed E-state index contributed by atoms with van der Waals surface area (Å²) in [6, 6.07) is 14.0. The molecular weight excluding hydrogens is 397 g/mol. The summed E-state index contributed by atoms with van der Waals surface area (Å²) >= 11 is 5.97. The third-order valence-corrected chi connectivity index (χ3v) is 4.62. The topological polar surface area (TPSA) is 64.4 Å². The second kappa shape index (κ2) is 9.34. The number of ether oxygens (including phenoxy) is 1. The van der Waals surface area contributed by atoms with E-state index in [0.717, 1.165) is 5.56 Å². The molecule has 0 bridgehead atoms. The zero-order chi connectivity index (χ0) is 20.8. The molecule has 29 heavy (non-hydrogen) atoms. The molecule has 0 unspecified atom stereocenters. The van der Waals surface area contributed by atoms with Crippen molar-refractivity contribution in [2.24, 2.45) is 0 Å². The van der Waals surface area contributed by atoms with Gasteiger partial charge >= 0.3 is 5.97 Å². The van der Waals surface area contributed by atoms with Crippen LogP contribution in [0.3, 0.4) is 0 Å². The third-order valence-electron chi connectivity index (χ3n) is 4.27. The Morgan fingerprint density at radius 3 is 2.66 bits per heavy atom. The number of carbonyl (C=O) groups is 2. The van der Waals surface area contributed by atoms with Crippen molar-refractivity contribution in [2.75, 3.05) is 13.7 Å². The molecule has 0 saturated carbocycles. The lowest BCUT2D eigenvalue weighted by Crippen LogP contribution is -2.31. The Morgan fingerprint density at radius 1 is 1.17 bits per heavy atom. The summed E-state index contributed by atoms with van der Waals surface area (Å²) in [4.78, 5) is 25.6. The summed E-state index contributed by atoms with van der Waals surface area (Å²) in [5.74, 6) is -1.63. The van der Waals surface area contributed by atoms with E-state index in [0.29, 0.717) is 6.54 Å². The molecule has 3 rings (SSSR count). The first-order chi connectivity index (χ1) is 13.9. The van der Waals surface area contributed by atoms with E-state index in [1.54, 1.807) is 16.9 Å². The van der Waals surface area contributed by atoms with Crippen LogP contribution < -0.4 is 0 Å². The number of rotatable bonds is 7. The van der Waals surface area contributed by atoms with Gasteiger partial charge in [0.1, 0.15) is 5.82 Å². The molecule has 0 atom stereocenters. The highest BCUT2D eigenvalue weighted by molar-refractivity contribution is 6.31. The summed E-state index contributed by atoms with van der Waals surface area (Å²) in [6.45, 7) is 0.0152. The van der Waals surface area contributed by atoms with Crippen LogP contribution in [0.4, 0.5) is 4.39 Å². The summed E-state index contributed by atoms with van der Waals surface area (Å²) in [6.07, 6.45) is 2.95. The van der Waals surface area contributed by atoms with Crippen LogP contribution in [0.2, 0.25) is 5.02 Å². The predicted octanol–water partition coefficient (Wildman–Crippen LogP) is 3.54. The van der Waals surface area contributed by atoms with E-state index in [1.165, 1.54) is 30.3 Å². The minimum absolute atomic E-state index is 0.0309. The lowest BCUT2D eigenvalue weighted by atomic mass is 10.2. The molecule has 1 aromatic heterocycles. The second-order valence-corrected chi connectivity index (χ2v) is 6.85. The maximum atomic E-state index is 13.9. The van der Waals surface area contributed by atoms with Crippen molar-refractivity contribution in [1.29, 1.82) is 0 Å². The van der Waals surface area contributed by atoms with E-state index >= 15 is 0 Å². The zero-order valence-corrected chi connectivity index (χ0v) is 16.5. The van der Waals surface area contributed by atoms with Gasteiger partial charge in [-0.05, 0) is 17.7 Å². The molecule has 2 aromatic carbocycles. The largest absolute Gasteiger partial charge is 0.452 e. The van der Waals surface area contributed by atoms with Gasteiger partial charge in [0.15, 0.2) is 6.61 Å². The molecule has 0 N–H and O–H groups in total. The Bertz CT molecular complexity index is 987. The maximum absolute atomic E-state index is 13.9. The molecule has 0 radical (unpaired) electrons. The number of benzene rings is 2. The minimum Gasteiger partial charge on any atom is -0.452 e. The van der Waals surface area contributed by atoms with Gasteiger partial charge in [-0.1, -0.05) is 48.0 Å². The van der Waals surface area contributed by atoms with Gasteiger partial charge in [0.05, 0.1) is 18.3 Å². The predicted molar refractivity (Wildman–Crippen MR) is 106 cm³/mol. The Labute approximate surface area is 172 Å². The molecule has 1 heterocycles. The summed E-state index contributed by atoms with van der Waals surface area (Å²) < 4.78 is 20.5. The highest BCUT2D eigenvalue weighted by Crippen LogP contribution is 2.20. The molecule has 0 saturated heterocycles. The van der Waals surface area contributed by atoms with Gasteiger partial charge in [-0.15, -0.1) is 0 Å². The first kappa shape index (κ1) is 20.5. The average molecular weight is 416 g/mol. The highest BCUT2D eigenvalue weighted by Gasteiger charge is 2.17. The number of hydrogen-bond acceptors (Lipinski definition) is 4. The van der Waals surface area contributed by atoms with Crippen molar-refractivity contribution >= 4 is 23.5 Å². The Balaban J connectivity index is 1.53. The normalized spacial score (nSPS) is 10.6. The van der Waals surface area contributed by atoms with Crippen LogP contribution in [0.15, 0.2) is 60.9 Å². The fourth-order valence-corrected chi connectivity index (χ4v) is 2.88. The lowest BCUT2D eigenvalue weighted by Gasteiger charge is -2.18. The Morgan fingerprint density at radius 2 is 1.93 bits per heavy atom. The van der Waals surface area contributed by atoms with Crippen molar-refractivity contribution in [1.82, 2.24) is 14.7 Å². The fraction of sp³-hybridized carbons (Fsp3) is 0.190. The molecule has 150 valence electrons. The van der Waals surface area contributed by atoms with E-state index < -0.39 is 24.3 Å². The number of aromatic nitrogens is 2. The van der Waals surface area contributed by atoms with Gasteiger partial charge in [-0.3, -0.25) is 9.48 Å².